The fraction of sp³-hybridized carbons (Fsp3) is 1.00. The molecule has 0 amide bonds. The molecule has 0 saturated heterocycles. The van der Waals surface area contributed by atoms with Crippen LogP contribution in [0.3, 0.4) is 0 Å². The number of sulfonamides is 1. The number of hydrogen-bond donors (Lipinski definition) is 1. The Labute approximate surface area is 106 Å². The van der Waals surface area contributed by atoms with Crippen LogP contribution in [0.1, 0.15) is 39.5 Å². The Hall–Kier alpha value is -0.130. The van der Waals surface area contributed by atoms with Gasteiger partial charge in [0.1, 0.15) is 0 Å². The molecule has 0 spiro atoms. The van der Waals surface area contributed by atoms with E-state index in [0.717, 1.165) is 18.9 Å². The Kier molecular flexibility index (Phi) is 5.89. The van der Waals surface area contributed by atoms with Crippen LogP contribution in [-0.2, 0) is 10.0 Å². The van der Waals surface area contributed by atoms with Crippen molar-refractivity contribution in [2.45, 2.75) is 45.6 Å². The first-order valence-electron chi connectivity index (χ1n) is 6.63. The molecule has 1 fully saturated rings. The molecule has 5 heteroatoms. The van der Waals surface area contributed by atoms with Gasteiger partial charge in [0, 0.05) is 19.1 Å². The van der Waals surface area contributed by atoms with Gasteiger partial charge in [0.15, 0.2) is 0 Å². The van der Waals surface area contributed by atoms with Crippen LogP contribution in [0.25, 0.3) is 0 Å². The first-order valence-corrected chi connectivity index (χ1v) is 8.48. The normalized spacial score (nSPS) is 25.6. The Morgan fingerprint density at radius 3 is 2.53 bits per heavy atom. The van der Waals surface area contributed by atoms with Crippen molar-refractivity contribution in [2.75, 3.05) is 25.9 Å². The average Bonchev–Trinajstić information content (AvgIpc) is 2.62. The van der Waals surface area contributed by atoms with Crippen molar-refractivity contribution in [3.05, 3.63) is 0 Å². The van der Waals surface area contributed by atoms with Crippen LogP contribution in [0.4, 0.5) is 0 Å². The fourth-order valence-electron chi connectivity index (χ4n) is 2.55. The second-order valence-corrected chi connectivity index (χ2v) is 7.06. The topological polar surface area (TPSA) is 49.4 Å². The molecule has 2 unspecified atom stereocenters. The maximum Gasteiger partial charge on any atom is 0.211 e. The highest BCUT2D eigenvalue weighted by Crippen LogP contribution is 2.24. The Morgan fingerprint density at radius 2 is 2.06 bits per heavy atom. The fourth-order valence-corrected chi connectivity index (χ4v) is 3.48. The van der Waals surface area contributed by atoms with Crippen LogP contribution >= 0.6 is 0 Å². The molecule has 4 nitrogen and oxygen atoms in total. The smallest absolute Gasteiger partial charge is 0.211 e. The molecule has 0 radical (unpaired) electrons. The summed E-state index contributed by atoms with van der Waals surface area (Å²) in [7, 11) is -3.02. The third-order valence-corrected chi connectivity index (χ3v) is 5.05. The lowest BCUT2D eigenvalue weighted by Gasteiger charge is -2.20. The minimum Gasteiger partial charge on any atom is -0.314 e. The molecule has 17 heavy (non-hydrogen) atoms. The van der Waals surface area contributed by atoms with Gasteiger partial charge < -0.3 is 5.32 Å². The molecule has 1 rings (SSSR count). The first kappa shape index (κ1) is 14.9. The summed E-state index contributed by atoms with van der Waals surface area (Å²) in [5.41, 5.74) is 0. The van der Waals surface area contributed by atoms with Crippen molar-refractivity contribution >= 4 is 10.0 Å². The largest absolute Gasteiger partial charge is 0.314 e. The highest BCUT2D eigenvalue weighted by molar-refractivity contribution is 7.88. The van der Waals surface area contributed by atoms with Gasteiger partial charge >= 0.3 is 0 Å². The SMILES string of the molecule is CCN(CCCNC1CCCC1C)S(C)(=O)=O. The molecular formula is C12H26N2O2S. The van der Waals surface area contributed by atoms with Crippen LogP contribution in [0.2, 0.25) is 0 Å². The molecule has 1 saturated carbocycles. The molecule has 1 N–H and O–H groups in total. The van der Waals surface area contributed by atoms with E-state index in [0.29, 0.717) is 19.1 Å². The number of rotatable bonds is 7. The van der Waals surface area contributed by atoms with Gasteiger partial charge in [-0.3, -0.25) is 0 Å². The Bertz CT molecular complexity index is 316. The second-order valence-electron chi connectivity index (χ2n) is 5.08. The maximum absolute atomic E-state index is 11.4. The summed E-state index contributed by atoms with van der Waals surface area (Å²) in [5.74, 6) is 0.771. The van der Waals surface area contributed by atoms with Crippen LogP contribution in [0.5, 0.6) is 0 Å². The minimum atomic E-state index is -3.02. The van der Waals surface area contributed by atoms with Gasteiger partial charge in [-0.25, -0.2) is 12.7 Å². The first-order chi connectivity index (χ1) is 7.95. The van der Waals surface area contributed by atoms with E-state index in [-0.39, 0.29) is 0 Å². The highest BCUT2D eigenvalue weighted by Gasteiger charge is 2.22. The highest BCUT2D eigenvalue weighted by atomic mass is 32.2. The van der Waals surface area contributed by atoms with Crippen LogP contribution in [0, 0.1) is 5.92 Å². The van der Waals surface area contributed by atoms with Gasteiger partial charge in [-0.1, -0.05) is 20.3 Å². The van der Waals surface area contributed by atoms with Gasteiger partial charge in [-0.15, -0.1) is 0 Å². The molecule has 0 aliphatic heterocycles. The quantitative estimate of drug-likeness (QED) is 0.706. The summed E-state index contributed by atoms with van der Waals surface area (Å²) in [4.78, 5) is 0. The standard InChI is InChI=1S/C12H26N2O2S/c1-4-14(17(3,15)16)10-6-9-13-12-8-5-7-11(12)2/h11-13H,4-10H2,1-3H3. The molecular weight excluding hydrogens is 236 g/mol. The third-order valence-electron chi connectivity index (χ3n) is 3.67. The van der Waals surface area contributed by atoms with Gasteiger partial charge in [0.2, 0.25) is 10.0 Å². The Balaban J connectivity index is 2.19. The predicted octanol–water partition coefficient (Wildman–Crippen LogP) is 1.44. The summed E-state index contributed by atoms with van der Waals surface area (Å²) in [6.07, 6.45) is 6.09. The van der Waals surface area contributed by atoms with Gasteiger partial charge in [-0.05, 0) is 31.7 Å². The van der Waals surface area contributed by atoms with Gasteiger partial charge in [0.25, 0.3) is 0 Å². The van der Waals surface area contributed by atoms with E-state index in [4.69, 9.17) is 0 Å². The lowest BCUT2D eigenvalue weighted by Crippen LogP contribution is -2.35. The van der Waals surface area contributed by atoms with E-state index in [9.17, 15) is 8.42 Å². The number of hydrogen-bond acceptors (Lipinski definition) is 3. The van der Waals surface area contributed by atoms with Crippen LogP contribution < -0.4 is 5.32 Å². The number of nitrogens with one attached hydrogen (secondary N) is 1. The molecule has 0 aromatic rings. The monoisotopic (exact) mass is 262 g/mol. The van der Waals surface area contributed by atoms with E-state index in [1.54, 1.807) is 0 Å². The second kappa shape index (κ2) is 6.71. The minimum absolute atomic E-state index is 0.568. The molecule has 0 bridgehead atoms. The number of nitrogens with zero attached hydrogens (tertiary/aromatic N) is 1. The van der Waals surface area contributed by atoms with Crippen molar-refractivity contribution in [1.29, 1.82) is 0 Å². The summed E-state index contributed by atoms with van der Waals surface area (Å²) in [5, 5.41) is 3.54. The Morgan fingerprint density at radius 1 is 1.35 bits per heavy atom. The van der Waals surface area contributed by atoms with E-state index < -0.39 is 10.0 Å². The molecule has 1 aliphatic rings. The lowest BCUT2D eigenvalue weighted by molar-refractivity contribution is 0.389. The molecule has 0 aromatic carbocycles. The van der Waals surface area contributed by atoms with Crippen molar-refractivity contribution in [3.63, 3.8) is 0 Å². The third kappa shape index (κ3) is 4.94. The maximum atomic E-state index is 11.4. The zero-order valence-corrected chi connectivity index (χ0v) is 12.1. The van der Waals surface area contributed by atoms with Crippen molar-refractivity contribution in [1.82, 2.24) is 9.62 Å². The van der Waals surface area contributed by atoms with E-state index in [1.807, 2.05) is 6.92 Å². The average molecular weight is 262 g/mol. The van der Waals surface area contributed by atoms with Crippen LogP contribution in [0.15, 0.2) is 0 Å². The predicted molar refractivity (Wildman–Crippen MR) is 71.5 cm³/mol. The zero-order chi connectivity index (χ0) is 12.9. The summed E-state index contributed by atoms with van der Waals surface area (Å²) < 4.78 is 24.3. The lowest BCUT2D eigenvalue weighted by atomic mass is 10.1. The molecule has 2 atom stereocenters. The molecule has 1 aliphatic carbocycles. The summed E-state index contributed by atoms with van der Waals surface area (Å²) in [6, 6.07) is 0.642. The van der Waals surface area contributed by atoms with Crippen molar-refractivity contribution < 1.29 is 8.42 Å². The van der Waals surface area contributed by atoms with E-state index in [1.165, 1.54) is 29.8 Å². The van der Waals surface area contributed by atoms with Crippen molar-refractivity contribution in [3.8, 4) is 0 Å². The van der Waals surface area contributed by atoms with Crippen LogP contribution in [-0.4, -0.2) is 44.7 Å². The van der Waals surface area contributed by atoms with E-state index >= 15 is 0 Å². The van der Waals surface area contributed by atoms with E-state index in [2.05, 4.69) is 12.2 Å². The molecule has 0 aromatic heterocycles. The summed E-state index contributed by atoms with van der Waals surface area (Å²) >= 11 is 0. The summed E-state index contributed by atoms with van der Waals surface area (Å²) in [6.45, 7) is 6.29. The van der Waals surface area contributed by atoms with Gasteiger partial charge in [0.05, 0.1) is 6.26 Å². The molecule has 102 valence electrons. The molecule has 0 heterocycles. The van der Waals surface area contributed by atoms with Gasteiger partial charge in [-0.2, -0.15) is 0 Å². The zero-order valence-electron chi connectivity index (χ0n) is 11.3. The van der Waals surface area contributed by atoms with Crippen molar-refractivity contribution in [2.24, 2.45) is 5.92 Å².